The minimum atomic E-state index is -0.0251. The molecule has 0 saturated carbocycles. The second-order valence-electron chi connectivity index (χ2n) is 7.01. The summed E-state index contributed by atoms with van der Waals surface area (Å²) in [5.41, 5.74) is 5.07. The summed E-state index contributed by atoms with van der Waals surface area (Å²) in [5.74, 6) is -0.0251. The number of carbonyl (C=O) groups excluding carboxylic acids is 1. The van der Waals surface area contributed by atoms with Crippen molar-refractivity contribution in [1.82, 2.24) is 19.6 Å². The molecule has 0 saturated heterocycles. The van der Waals surface area contributed by atoms with Gasteiger partial charge in [0.25, 0.3) is 0 Å². The lowest BCUT2D eigenvalue weighted by Gasteiger charge is -2.09. The number of nitrogens with zero attached hydrogens (tertiary/aromatic N) is 4. The normalized spacial score (nSPS) is 11.1. The van der Waals surface area contributed by atoms with Gasteiger partial charge in [-0.25, -0.2) is 0 Å². The number of carbonyl (C=O) groups is 1. The summed E-state index contributed by atoms with van der Waals surface area (Å²) >= 11 is 0. The quantitative estimate of drug-likeness (QED) is 0.557. The zero-order valence-corrected chi connectivity index (χ0v) is 16.1. The van der Waals surface area contributed by atoms with E-state index in [1.165, 1.54) is 0 Å². The first-order chi connectivity index (χ1) is 13.6. The Labute approximate surface area is 163 Å². The van der Waals surface area contributed by atoms with Gasteiger partial charge in [0.05, 0.1) is 30.5 Å². The lowest BCUT2D eigenvalue weighted by Crippen LogP contribution is -2.15. The summed E-state index contributed by atoms with van der Waals surface area (Å²) in [6, 6.07) is 18.0. The maximum Gasteiger partial charge on any atom is 0.226 e. The first-order valence-electron chi connectivity index (χ1n) is 9.39. The lowest BCUT2D eigenvalue weighted by atomic mass is 10.2. The van der Waals surface area contributed by atoms with Crippen LogP contribution < -0.4 is 5.32 Å². The van der Waals surface area contributed by atoms with E-state index in [0.29, 0.717) is 19.5 Å². The molecule has 0 aliphatic heterocycles. The number of rotatable bonds is 6. The maximum absolute atomic E-state index is 12.4. The predicted octanol–water partition coefficient (Wildman–Crippen LogP) is 3.93. The molecular formula is C22H23N5O. The van der Waals surface area contributed by atoms with Gasteiger partial charge in [-0.05, 0) is 43.7 Å². The number of anilines is 1. The van der Waals surface area contributed by atoms with E-state index in [1.54, 1.807) is 0 Å². The smallest absolute Gasteiger partial charge is 0.226 e. The van der Waals surface area contributed by atoms with E-state index >= 15 is 0 Å². The molecule has 0 spiro atoms. The molecule has 2 heterocycles. The highest BCUT2D eigenvalue weighted by molar-refractivity contribution is 5.90. The molecule has 6 heteroatoms. The fraction of sp³-hybridized carbons (Fsp3) is 0.227. The number of aromatic nitrogens is 4. The third-order valence-corrected chi connectivity index (χ3v) is 4.75. The van der Waals surface area contributed by atoms with Gasteiger partial charge in [-0.15, -0.1) is 0 Å². The Morgan fingerprint density at radius 1 is 1.04 bits per heavy atom. The number of nitrogens with one attached hydrogen (secondary N) is 1. The molecule has 0 atom stereocenters. The molecule has 4 rings (SSSR count). The first-order valence-corrected chi connectivity index (χ1v) is 9.39. The summed E-state index contributed by atoms with van der Waals surface area (Å²) in [6.45, 7) is 5.26. The number of amides is 1. The topological polar surface area (TPSA) is 64.7 Å². The van der Waals surface area contributed by atoms with E-state index in [9.17, 15) is 4.79 Å². The van der Waals surface area contributed by atoms with Crippen molar-refractivity contribution in [3.8, 4) is 0 Å². The largest absolute Gasteiger partial charge is 0.326 e. The van der Waals surface area contributed by atoms with Gasteiger partial charge in [-0.3, -0.25) is 14.2 Å². The van der Waals surface area contributed by atoms with Crippen LogP contribution in [-0.4, -0.2) is 25.5 Å². The van der Waals surface area contributed by atoms with Gasteiger partial charge in [0.1, 0.15) is 0 Å². The summed E-state index contributed by atoms with van der Waals surface area (Å²) in [6.07, 6.45) is 2.20. The van der Waals surface area contributed by atoms with Crippen LogP contribution in [0.5, 0.6) is 0 Å². The number of hydrogen-bond acceptors (Lipinski definition) is 3. The highest BCUT2D eigenvalue weighted by atomic mass is 16.1. The Hall–Kier alpha value is -3.41. The molecule has 4 aromatic rings. The number of para-hydroxylation sites is 1. The van der Waals surface area contributed by atoms with E-state index in [4.69, 9.17) is 0 Å². The summed E-state index contributed by atoms with van der Waals surface area (Å²) < 4.78 is 3.84. The Kier molecular flexibility index (Phi) is 4.93. The van der Waals surface area contributed by atoms with E-state index in [-0.39, 0.29) is 5.91 Å². The van der Waals surface area contributed by atoms with Crippen molar-refractivity contribution in [2.45, 2.75) is 33.4 Å². The van der Waals surface area contributed by atoms with Crippen molar-refractivity contribution < 1.29 is 4.79 Å². The van der Waals surface area contributed by atoms with Crippen molar-refractivity contribution in [3.63, 3.8) is 0 Å². The van der Waals surface area contributed by atoms with Crippen molar-refractivity contribution in [3.05, 3.63) is 77.7 Å². The van der Waals surface area contributed by atoms with Crippen molar-refractivity contribution >= 4 is 22.5 Å². The Morgan fingerprint density at radius 3 is 2.71 bits per heavy atom. The number of fused-ring (bicyclic) bond motifs is 1. The Balaban J connectivity index is 1.38. The second kappa shape index (κ2) is 7.68. The first kappa shape index (κ1) is 18.0. The average Bonchev–Trinajstić information content (AvgIpc) is 3.23. The monoisotopic (exact) mass is 373 g/mol. The lowest BCUT2D eigenvalue weighted by molar-refractivity contribution is -0.116. The van der Waals surface area contributed by atoms with Gasteiger partial charge < -0.3 is 5.32 Å². The van der Waals surface area contributed by atoms with Crippen LogP contribution in [-0.2, 0) is 17.9 Å². The van der Waals surface area contributed by atoms with Gasteiger partial charge in [0.15, 0.2) is 0 Å². The standard InChI is InChI=1S/C22H23N5O/c1-16-12-17(2)27(25-16)15-18-6-5-8-20(13-18)24-22(28)10-11-26-21-9-4-3-7-19(21)14-23-26/h3-9,12-14H,10-11,15H2,1-2H3,(H,24,28). The molecule has 142 valence electrons. The summed E-state index contributed by atoms with van der Waals surface area (Å²) in [7, 11) is 0. The maximum atomic E-state index is 12.4. The van der Waals surface area contributed by atoms with E-state index in [2.05, 4.69) is 21.6 Å². The highest BCUT2D eigenvalue weighted by Gasteiger charge is 2.08. The molecule has 1 N–H and O–H groups in total. The molecule has 0 aliphatic rings. The Bertz CT molecular complexity index is 1120. The number of hydrogen-bond donors (Lipinski definition) is 1. The van der Waals surface area contributed by atoms with Crippen molar-refractivity contribution in [2.24, 2.45) is 0 Å². The molecule has 0 fully saturated rings. The molecule has 0 unspecified atom stereocenters. The van der Waals surface area contributed by atoms with Crippen molar-refractivity contribution in [1.29, 1.82) is 0 Å². The summed E-state index contributed by atoms with van der Waals surface area (Å²) in [4.78, 5) is 12.4. The van der Waals surface area contributed by atoms with Gasteiger partial charge in [-0.1, -0.05) is 30.3 Å². The minimum Gasteiger partial charge on any atom is -0.326 e. The molecular weight excluding hydrogens is 350 g/mol. The molecule has 0 radical (unpaired) electrons. The van der Waals surface area contributed by atoms with Crippen LogP contribution in [0.2, 0.25) is 0 Å². The molecule has 0 aliphatic carbocycles. The van der Waals surface area contributed by atoms with E-state index < -0.39 is 0 Å². The van der Waals surface area contributed by atoms with Crippen LogP contribution >= 0.6 is 0 Å². The third-order valence-electron chi connectivity index (χ3n) is 4.75. The summed E-state index contributed by atoms with van der Waals surface area (Å²) in [5, 5.41) is 12.9. The van der Waals surface area contributed by atoms with Crippen LogP contribution in [0.1, 0.15) is 23.4 Å². The number of benzene rings is 2. The fourth-order valence-electron chi connectivity index (χ4n) is 3.39. The van der Waals surface area contributed by atoms with Gasteiger partial charge in [0.2, 0.25) is 5.91 Å². The molecule has 28 heavy (non-hydrogen) atoms. The van der Waals surface area contributed by atoms with E-state index in [1.807, 2.05) is 77.9 Å². The van der Waals surface area contributed by atoms with Crippen LogP contribution in [0.4, 0.5) is 5.69 Å². The number of aryl methyl sites for hydroxylation is 3. The molecule has 1 amide bonds. The van der Waals surface area contributed by atoms with Crippen LogP contribution in [0, 0.1) is 13.8 Å². The van der Waals surface area contributed by atoms with E-state index in [0.717, 1.165) is 33.5 Å². The SMILES string of the molecule is Cc1cc(C)n(Cc2cccc(NC(=O)CCn3ncc4ccccc43)c2)n1. The van der Waals surface area contributed by atoms with Crippen LogP contribution in [0.15, 0.2) is 60.8 Å². The van der Waals surface area contributed by atoms with Crippen LogP contribution in [0.3, 0.4) is 0 Å². The van der Waals surface area contributed by atoms with Gasteiger partial charge in [0, 0.05) is 23.2 Å². The molecule has 2 aromatic carbocycles. The molecule has 0 bridgehead atoms. The zero-order valence-electron chi connectivity index (χ0n) is 16.1. The Morgan fingerprint density at radius 2 is 1.89 bits per heavy atom. The van der Waals surface area contributed by atoms with Crippen molar-refractivity contribution in [2.75, 3.05) is 5.32 Å². The zero-order chi connectivity index (χ0) is 19.5. The van der Waals surface area contributed by atoms with Gasteiger partial charge >= 0.3 is 0 Å². The fourth-order valence-corrected chi connectivity index (χ4v) is 3.39. The predicted molar refractivity (Wildman–Crippen MR) is 110 cm³/mol. The second-order valence-corrected chi connectivity index (χ2v) is 7.01. The van der Waals surface area contributed by atoms with Crippen LogP contribution in [0.25, 0.3) is 10.9 Å². The molecule has 2 aromatic heterocycles. The average molecular weight is 373 g/mol. The minimum absolute atomic E-state index is 0.0251. The third kappa shape index (κ3) is 3.96. The van der Waals surface area contributed by atoms with Gasteiger partial charge in [-0.2, -0.15) is 10.2 Å². The highest BCUT2D eigenvalue weighted by Crippen LogP contribution is 2.15. The molecule has 6 nitrogen and oxygen atoms in total.